The van der Waals surface area contributed by atoms with Crippen molar-refractivity contribution in [3.63, 3.8) is 0 Å². The highest BCUT2D eigenvalue weighted by Gasteiger charge is 2.00. The highest BCUT2D eigenvalue weighted by molar-refractivity contribution is 5.68. The van der Waals surface area contributed by atoms with Crippen molar-refractivity contribution in [2.45, 2.75) is 45.4 Å². The van der Waals surface area contributed by atoms with Crippen molar-refractivity contribution in [1.29, 1.82) is 5.41 Å². The molecule has 0 spiro atoms. The topological polar surface area (TPSA) is 76.2 Å². The summed E-state index contributed by atoms with van der Waals surface area (Å²) in [6, 6.07) is 0. The third kappa shape index (κ3) is 17.1. The van der Waals surface area contributed by atoms with Gasteiger partial charge in [-0.15, -0.1) is 0 Å². The van der Waals surface area contributed by atoms with Gasteiger partial charge in [-0.05, 0) is 6.42 Å². The standard InChI is InChI=1S/C8H15FO2.CH4N2/c1-2-3-4-5-6-7-8(10)11-9;2-1-3/h2-7H2,1H3;1H,(H3,2,3). The van der Waals surface area contributed by atoms with Crippen molar-refractivity contribution in [2.24, 2.45) is 5.73 Å². The van der Waals surface area contributed by atoms with Gasteiger partial charge in [0.2, 0.25) is 0 Å². The number of nitrogens with two attached hydrogens (primary N) is 1. The van der Waals surface area contributed by atoms with Crippen molar-refractivity contribution in [1.82, 2.24) is 0 Å². The first kappa shape index (κ1) is 15.3. The average molecular weight is 206 g/mol. The Kier molecular flexibility index (Phi) is 15.8. The second kappa shape index (κ2) is 14.4. The van der Waals surface area contributed by atoms with E-state index < -0.39 is 5.97 Å². The number of carbonyl (C=O) groups excluding carboxylic acids is 1. The smallest absolute Gasteiger partial charge is 0.348 e. The van der Waals surface area contributed by atoms with Gasteiger partial charge >= 0.3 is 5.97 Å². The van der Waals surface area contributed by atoms with Crippen molar-refractivity contribution >= 4 is 12.3 Å². The molecule has 0 fully saturated rings. The van der Waals surface area contributed by atoms with Gasteiger partial charge < -0.3 is 5.73 Å². The van der Waals surface area contributed by atoms with Crippen molar-refractivity contribution < 1.29 is 14.3 Å². The number of carbonyl (C=O) groups is 1. The Hall–Kier alpha value is -1.13. The fraction of sp³-hybridized carbons (Fsp3) is 0.778. The zero-order valence-corrected chi connectivity index (χ0v) is 8.59. The minimum absolute atomic E-state index is 0.209. The largest absolute Gasteiger partial charge is 0.390 e. The first-order chi connectivity index (χ1) is 6.72. The normalized spacial score (nSPS) is 8.43. The molecular weight excluding hydrogens is 187 g/mol. The maximum Gasteiger partial charge on any atom is 0.348 e. The van der Waals surface area contributed by atoms with Gasteiger partial charge in [0.25, 0.3) is 0 Å². The molecule has 0 aromatic heterocycles. The summed E-state index contributed by atoms with van der Waals surface area (Å²) in [4.78, 5) is 13.3. The van der Waals surface area contributed by atoms with Crippen molar-refractivity contribution in [3.05, 3.63) is 0 Å². The first-order valence-corrected chi connectivity index (χ1v) is 4.75. The zero-order valence-electron chi connectivity index (χ0n) is 8.59. The molecule has 0 radical (unpaired) electrons. The number of hydrogen-bond donors (Lipinski definition) is 2. The number of rotatable bonds is 6. The summed E-state index contributed by atoms with van der Waals surface area (Å²) in [6.07, 6.45) is 6.17. The molecule has 0 aromatic rings. The average Bonchev–Trinajstić information content (AvgIpc) is 2.18. The minimum Gasteiger partial charge on any atom is -0.390 e. The SMILES string of the molecule is CCCCCCCC(=O)OF.N=CN. The Labute approximate surface area is 84.0 Å². The van der Waals surface area contributed by atoms with E-state index in [0.717, 1.165) is 25.6 Å². The van der Waals surface area contributed by atoms with Crippen molar-refractivity contribution in [3.8, 4) is 0 Å². The molecule has 0 bridgehead atoms. The van der Waals surface area contributed by atoms with E-state index in [1.54, 1.807) is 0 Å². The van der Waals surface area contributed by atoms with E-state index >= 15 is 0 Å². The molecule has 0 atom stereocenters. The number of nitrogens with one attached hydrogen (secondary N) is 1. The molecule has 14 heavy (non-hydrogen) atoms. The van der Waals surface area contributed by atoms with Gasteiger partial charge in [0.15, 0.2) is 0 Å². The van der Waals surface area contributed by atoms with Crippen LogP contribution in [-0.2, 0) is 9.74 Å². The first-order valence-electron chi connectivity index (χ1n) is 4.75. The van der Waals surface area contributed by atoms with Crippen LogP contribution >= 0.6 is 0 Å². The molecule has 4 nitrogen and oxygen atoms in total. The molecule has 0 aliphatic heterocycles. The van der Waals surface area contributed by atoms with E-state index in [0.29, 0.717) is 0 Å². The summed E-state index contributed by atoms with van der Waals surface area (Å²) >= 11 is 0. The number of hydrogen-bond acceptors (Lipinski definition) is 3. The van der Waals surface area contributed by atoms with Gasteiger partial charge in [0, 0.05) is 10.9 Å². The van der Waals surface area contributed by atoms with Gasteiger partial charge in [-0.3, -0.25) is 10.4 Å². The van der Waals surface area contributed by atoms with Crippen molar-refractivity contribution in [2.75, 3.05) is 0 Å². The number of halogens is 1. The van der Waals surface area contributed by atoms with Crippen LogP contribution in [0.25, 0.3) is 0 Å². The predicted octanol–water partition coefficient (Wildman–Crippen LogP) is 2.33. The molecule has 0 rings (SSSR count). The van der Waals surface area contributed by atoms with Gasteiger partial charge in [0.05, 0.1) is 6.34 Å². The molecule has 0 saturated carbocycles. The zero-order chi connectivity index (χ0) is 11.2. The summed E-state index contributed by atoms with van der Waals surface area (Å²) in [5.41, 5.74) is 4.39. The molecule has 0 heterocycles. The van der Waals surface area contributed by atoms with Crippen LogP contribution in [0.2, 0.25) is 0 Å². The second-order valence-corrected chi connectivity index (χ2v) is 2.78. The Balaban J connectivity index is 0. The number of unbranched alkanes of at least 4 members (excludes halogenated alkanes) is 4. The summed E-state index contributed by atoms with van der Waals surface area (Å²) in [5.74, 6) is -0.749. The quantitative estimate of drug-likeness (QED) is 0.398. The highest BCUT2D eigenvalue weighted by Crippen LogP contribution is 2.05. The molecule has 0 aromatic carbocycles. The van der Waals surface area contributed by atoms with E-state index in [4.69, 9.17) is 5.41 Å². The Bertz CT molecular complexity index is 143. The lowest BCUT2D eigenvalue weighted by molar-refractivity contribution is -0.183. The van der Waals surface area contributed by atoms with E-state index in [1.807, 2.05) is 0 Å². The Morgan fingerprint density at radius 3 is 2.36 bits per heavy atom. The van der Waals surface area contributed by atoms with Gasteiger partial charge in [0.1, 0.15) is 0 Å². The highest BCUT2D eigenvalue weighted by atomic mass is 19.3. The fourth-order valence-electron chi connectivity index (χ4n) is 0.911. The predicted molar refractivity (Wildman–Crippen MR) is 53.5 cm³/mol. The van der Waals surface area contributed by atoms with E-state index in [9.17, 15) is 9.32 Å². The fourth-order valence-corrected chi connectivity index (χ4v) is 0.911. The molecule has 3 N–H and O–H groups in total. The molecule has 0 aliphatic rings. The molecule has 84 valence electrons. The van der Waals surface area contributed by atoms with Crippen LogP contribution in [0.1, 0.15) is 45.4 Å². The lowest BCUT2D eigenvalue weighted by Crippen LogP contribution is -1.96. The van der Waals surface area contributed by atoms with Crippen LogP contribution in [0.4, 0.5) is 4.53 Å². The third-order valence-electron chi connectivity index (χ3n) is 1.57. The molecule has 0 aliphatic carbocycles. The Morgan fingerprint density at radius 2 is 1.93 bits per heavy atom. The van der Waals surface area contributed by atoms with E-state index in [2.05, 4.69) is 17.6 Å². The maximum absolute atomic E-state index is 11.1. The minimum atomic E-state index is -0.749. The van der Waals surface area contributed by atoms with Crippen LogP contribution in [0, 0.1) is 5.41 Å². The monoisotopic (exact) mass is 206 g/mol. The second-order valence-electron chi connectivity index (χ2n) is 2.78. The van der Waals surface area contributed by atoms with Crippen LogP contribution in [-0.4, -0.2) is 12.3 Å². The van der Waals surface area contributed by atoms with Crippen LogP contribution in [0.5, 0.6) is 0 Å². The maximum atomic E-state index is 11.1. The molecule has 0 saturated heterocycles. The van der Waals surface area contributed by atoms with Crippen LogP contribution in [0.3, 0.4) is 0 Å². The lowest BCUT2D eigenvalue weighted by atomic mass is 10.1. The summed E-state index contributed by atoms with van der Waals surface area (Å²) in [5, 5.41) is 5.86. The molecule has 0 amide bonds. The van der Waals surface area contributed by atoms with Gasteiger partial charge in [-0.25, -0.2) is 4.79 Å². The lowest BCUT2D eigenvalue weighted by Gasteiger charge is -1.96. The summed E-state index contributed by atoms with van der Waals surface area (Å²) < 4.78 is 11.1. The van der Waals surface area contributed by atoms with Gasteiger partial charge in [-0.2, -0.15) is 0 Å². The van der Waals surface area contributed by atoms with Crippen LogP contribution < -0.4 is 5.73 Å². The van der Waals surface area contributed by atoms with E-state index in [-0.39, 0.29) is 6.42 Å². The van der Waals surface area contributed by atoms with E-state index in [1.165, 1.54) is 12.8 Å². The third-order valence-corrected chi connectivity index (χ3v) is 1.57. The molecular formula is C9H19FN2O2. The molecule has 0 unspecified atom stereocenters. The Morgan fingerprint density at radius 1 is 1.43 bits per heavy atom. The summed E-state index contributed by atoms with van der Waals surface area (Å²) in [6.45, 7) is 2.12. The molecule has 5 heteroatoms. The van der Waals surface area contributed by atoms with Gasteiger partial charge in [-0.1, -0.05) is 32.6 Å². The summed E-state index contributed by atoms with van der Waals surface area (Å²) in [7, 11) is 0. The van der Waals surface area contributed by atoms with Crippen LogP contribution in [0.15, 0.2) is 0 Å².